The van der Waals surface area contributed by atoms with E-state index in [1.165, 1.54) is 10.9 Å². The van der Waals surface area contributed by atoms with E-state index in [2.05, 4.69) is 15.0 Å². The van der Waals surface area contributed by atoms with Crippen LogP contribution in [0.15, 0.2) is 35.4 Å². The van der Waals surface area contributed by atoms with Crippen molar-refractivity contribution in [1.82, 2.24) is 19.5 Å². The van der Waals surface area contributed by atoms with Gasteiger partial charge in [0.05, 0.1) is 12.9 Å². The summed E-state index contributed by atoms with van der Waals surface area (Å²) in [6.07, 6.45) is 0.594. The molecule has 3 rings (SSSR count). The molecule has 0 saturated heterocycles. The van der Waals surface area contributed by atoms with E-state index in [1.54, 1.807) is 24.3 Å². The zero-order valence-corrected chi connectivity index (χ0v) is 15.0. The highest BCUT2D eigenvalue weighted by atomic mass is 35.5. The van der Waals surface area contributed by atoms with E-state index >= 15 is 0 Å². The number of hydrogen-bond donors (Lipinski definition) is 3. The fourth-order valence-electron chi connectivity index (χ4n) is 2.35. The van der Waals surface area contributed by atoms with E-state index in [0.29, 0.717) is 10.8 Å². The van der Waals surface area contributed by atoms with Crippen LogP contribution in [0.1, 0.15) is 5.82 Å². The van der Waals surface area contributed by atoms with Crippen molar-refractivity contribution in [2.75, 3.05) is 6.61 Å². The number of hydrogen-bond acceptors (Lipinski definition) is 5. The number of imidazole rings is 1. The summed E-state index contributed by atoms with van der Waals surface area (Å²) in [5, 5.41) is 0.578. The molecule has 26 heavy (non-hydrogen) atoms. The quantitative estimate of drug-likeness (QED) is 0.421. The molecule has 3 N–H and O–H groups in total. The van der Waals surface area contributed by atoms with Gasteiger partial charge >= 0.3 is 7.60 Å². The number of ether oxygens (including phenoxy) is 1. The number of aromatic nitrogens is 4. The van der Waals surface area contributed by atoms with E-state index in [0.717, 1.165) is 0 Å². The topological polar surface area (TPSA) is 130 Å². The molecular weight excluding hydrogens is 381 g/mol. The van der Waals surface area contributed by atoms with Gasteiger partial charge in [0.2, 0.25) is 0 Å². The molecule has 0 fully saturated rings. The van der Waals surface area contributed by atoms with Gasteiger partial charge in [-0.05, 0) is 24.3 Å². The Hall–Kier alpha value is -2.13. The summed E-state index contributed by atoms with van der Waals surface area (Å²) >= 11 is 5.81. The summed E-state index contributed by atoms with van der Waals surface area (Å²) in [4.78, 5) is 40.9. The SMILES string of the molecule is O=c1[nH]cnc2nc(CP(=O)(O)O)n(CCOc3ccc(Cl)cc3)c12.[B]. The summed E-state index contributed by atoms with van der Waals surface area (Å²) in [5.41, 5.74) is -0.176. The Bertz CT molecular complexity index is 1000. The third-order valence-electron chi connectivity index (χ3n) is 3.37. The van der Waals surface area contributed by atoms with Crippen molar-refractivity contribution in [3.63, 3.8) is 0 Å². The fourth-order valence-corrected chi connectivity index (χ4v) is 3.09. The minimum Gasteiger partial charge on any atom is -0.492 e. The van der Waals surface area contributed by atoms with Crippen molar-refractivity contribution in [2.24, 2.45) is 0 Å². The van der Waals surface area contributed by atoms with Gasteiger partial charge < -0.3 is 24.1 Å². The van der Waals surface area contributed by atoms with Crippen LogP contribution in [0.25, 0.3) is 11.2 Å². The lowest BCUT2D eigenvalue weighted by molar-refractivity contribution is 0.298. The fraction of sp³-hybridized carbons (Fsp3) is 0.214. The first-order chi connectivity index (χ1) is 11.8. The first-order valence-corrected chi connectivity index (χ1v) is 9.37. The average Bonchev–Trinajstić information content (AvgIpc) is 2.86. The normalized spacial score (nSPS) is 11.3. The van der Waals surface area contributed by atoms with Crippen LogP contribution in [-0.2, 0) is 17.3 Å². The van der Waals surface area contributed by atoms with Gasteiger partial charge in [-0.2, -0.15) is 0 Å². The Labute approximate surface area is 154 Å². The second-order valence-electron chi connectivity index (χ2n) is 5.21. The molecule has 0 aliphatic heterocycles. The maximum absolute atomic E-state index is 12.0. The van der Waals surface area contributed by atoms with Crippen LogP contribution in [0.4, 0.5) is 0 Å². The summed E-state index contributed by atoms with van der Waals surface area (Å²) in [6.45, 7) is 0.332. The van der Waals surface area contributed by atoms with Crippen molar-refractivity contribution in [3.8, 4) is 5.75 Å². The van der Waals surface area contributed by atoms with Crippen LogP contribution in [-0.4, -0.2) is 44.3 Å². The standard InChI is InChI=1S/C14H14ClN4O5P.B/c15-9-1-3-10(4-2-9)24-6-5-19-11(7-25(21,22)23)18-13-12(19)14(20)17-8-16-13;/h1-4,8H,5-7H2,(H,16,17,20)(H2,21,22,23);. The molecule has 0 bridgehead atoms. The lowest BCUT2D eigenvalue weighted by Crippen LogP contribution is -2.16. The van der Waals surface area contributed by atoms with E-state index in [4.69, 9.17) is 16.3 Å². The Morgan fingerprint density at radius 3 is 2.62 bits per heavy atom. The molecule has 3 aromatic rings. The number of fused-ring (bicyclic) bond motifs is 1. The maximum atomic E-state index is 12.0. The lowest BCUT2D eigenvalue weighted by atomic mass is 10.3. The molecule has 3 radical (unpaired) electrons. The summed E-state index contributed by atoms with van der Waals surface area (Å²) in [6, 6.07) is 6.74. The van der Waals surface area contributed by atoms with E-state index in [-0.39, 0.29) is 38.6 Å². The predicted octanol–water partition coefficient (Wildman–Crippen LogP) is 1.15. The number of H-pyrrole nitrogens is 1. The van der Waals surface area contributed by atoms with Crippen molar-refractivity contribution in [3.05, 3.63) is 51.8 Å². The Morgan fingerprint density at radius 1 is 1.27 bits per heavy atom. The summed E-state index contributed by atoms with van der Waals surface area (Å²) < 4.78 is 18.3. The molecule has 0 amide bonds. The van der Waals surface area contributed by atoms with Gasteiger partial charge in [-0.25, -0.2) is 9.97 Å². The second-order valence-corrected chi connectivity index (χ2v) is 7.29. The number of benzene rings is 1. The monoisotopic (exact) mass is 395 g/mol. The first-order valence-electron chi connectivity index (χ1n) is 7.19. The number of nitrogens with one attached hydrogen (secondary N) is 1. The molecule has 12 heteroatoms. The molecule has 2 heterocycles. The second kappa shape index (κ2) is 8.05. The average molecular weight is 396 g/mol. The summed E-state index contributed by atoms with van der Waals surface area (Å²) in [5.74, 6) is 0.657. The minimum atomic E-state index is -4.36. The minimum absolute atomic E-state index is 0. The molecule has 1 aromatic carbocycles. The Balaban J connectivity index is 0.00000243. The highest BCUT2D eigenvalue weighted by Gasteiger charge is 2.22. The number of nitrogens with zero attached hydrogens (tertiary/aromatic N) is 3. The van der Waals surface area contributed by atoms with Gasteiger partial charge in [-0.15, -0.1) is 0 Å². The highest BCUT2D eigenvalue weighted by molar-refractivity contribution is 7.50. The lowest BCUT2D eigenvalue weighted by Gasteiger charge is -2.11. The molecule has 0 unspecified atom stereocenters. The van der Waals surface area contributed by atoms with Crippen molar-refractivity contribution >= 4 is 38.8 Å². The molecule has 0 atom stereocenters. The maximum Gasteiger partial charge on any atom is 0.333 e. The molecule has 0 aliphatic carbocycles. The largest absolute Gasteiger partial charge is 0.492 e. The molecule has 135 valence electrons. The van der Waals surface area contributed by atoms with E-state index < -0.39 is 19.3 Å². The van der Waals surface area contributed by atoms with Crippen LogP contribution in [0, 0.1) is 0 Å². The third kappa shape index (κ3) is 4.73. The predicted molar refractivity (Wildman–Crippen MR) is 96.6 cm³/mol. The summed E-state index contributed by atoms with van der Waals surface area (Å²) in [7, 11) is -4.36. The van der Waals surface area contributed by atoms with Crippen LogP contribution < -0.4 is 10.3 Å². The zero-order valence-electron chi connectivity index (χ0n) is 13.4. The van der Waals surface area contributed by atoms with Gasteiger partial charge in [0.1, 0.15) is 24.3 Å². The molecule has 0 aliphatic rings. The molecular formula is C14H14BClN4O5P. The van der Waals surface area contributed by atoms with E-state index in [9.17, 15) is 19.1 Å². The van der Waals surface area contributed by atoms with Crippen LogP contribution >= 0.6 is 19.2 Å². The molecule has 0 saturated carbocycles. The molecule has 0 spiro atoms. The number of rotatable bonds is 6. The van der Waals surface area contributed by atoms with Crippen LogP contribution in [0.3, 0.4) is 0 Å². The highest BCUT2D eigenvalue weighted by Crippen LogP contribution is 2.39. The van der Waals surface area contributed by atoms with Crippen molar-refractivity contribution in [2.45, 2.75) is 12.7 Å². The Kier molecular flexibility index (Phi) is 6.25. The van der Waals surface area contributed by atoms with E-state index in [1.807, 2.05) is 0 Å². The smallest absolute Gasteiger partial charge is 0.333 e. The number of halogens is 1. The van der Waals surface area contributed by atoms with Gasteiger partial charge in [0.15, 0.2) is 11.2 Å². The Morgan fingerprint density at radius 2 is 1.96 bits per heavy atom. The van der Waals surface area contributed by atoms with Crippen molar-refractivity contribution < 1.29 is 19.1 Å². The molecule has 9 nitrogen and oxygen atoms in total. The first kappa shape index (κ1) is 20.2. The van der Waals surface area contributed by atoms with Crippen LogP contribution in [0.5, 0.6) is 5.75 Å². The van der Waals surface area contributed by atoms with Gasteiger partial charge in [-0.1, -0.05) is 11.6 Å². The van der Waals surface area contributed by atoms with Crippen LogP contribution in [0.2, 0.25) is 5.02 Å². The molecule has 2 aromatic heterocycles. The third-order valence-corrected chi connectivity index (χ3v) is 4.32. The van der Waals surface area contributed by atoms with Gasteiger partial charge in [0.25, 0.3) is 5.56 Å². The zero-order chi connectivity index (χ0) is 18.0. The van der Waals surface area contributed by atoms with Gasteiger partial charge in [-0.3, -0.25) is 9.36 Å². The van der Waals surface area contributed by atoms with Gasteiger partial charge in [0, 0.05) is 13.4 Å². The van der Waals surface area contributed by atoms with Crippen molar-refractivity contribution in [1.29, 1.82) is 0 Å². The number of aromatic amines is 1.